The predicted molar refractivity (Wildman–Crippen MR) is 113 cm³/mol. The van der Waals surface area contributed by atoms with E-state index in [-0.39, 0.29) is 40.7 Å². The quantitative estimate of drug-likeness (QED) is 0.401. The third-order valence-electron chi connectivity index (χ3n) is 4.97. The molecule has 1 aliphatic rings. The minimum absolute atomic E-state index is 0.0121. The first-order chi connectivity index (χ1) is 15.1. The summed E-state index contributed by atoms with van der Waals surface area (Å²) >= 11 is 9.05. The number of hydrogen-bond donors (Lipinski definition) is 1. The molecule has 1 aromatic carbocycles. The van der Waals surface area contributed by atoms with Crippen molar-refractivity contribution in [2.75, 3.05) is 5.32 Å². The van der Waals surface area contributed by atoms with E-state index >= 15 is 0 Å². The largest absolute Gasteiger partial charge is 0.436 e. The Bertz CT molecular complexity index is 1160. The van der Waals surface area contributed by atoms with E-state index in [2.05, 4.69) is 31.4 Å². The molecule has 0 saturated heterocycles. The molecule has 170 valence electrons. The highest BCUT2D eigenvalue weighted by Crippen LogP contribution is 2.47. The number of halogens is 6. The van der Waals surface area contributed by atoms with Crippen LogP contribution in [0.2, 0.25) is 5.02 Å². The molecule has 0 unspecified atom stereocenters. The van der Waals surface area contributed by atoms with Gasteiger partial charge in [0, 0.05) is 29.6 Å². The summed E-state index contributed by atoms with van der Waals surface area (Å²) in [7, 11) is 0. The summed E-state index contributed by atoms with van der Waals surface area (Å²) in [6, 6.07) is 5.63. The first-order valence-electron chi connectivity index (χ1n) is 9.72. The van der Waals surface area contributed by atoms with Crippen molar-refractivity contribution >= 4 is 39.3 Å². The smallest absolute Gasteiger partial charge is 0.309 e. The molecule has 1 aliphatic carbocycles. The number of aromatic nitrogens is 4. The Morgan fingerprint density at radius 2 is 2.00 bits per heavy atom. The van der Waals surface area contributed by atoms with Gasteiger partial charge in [-0.2, -0.15) is 23.4 Å². The van der Waals surface area contributed by atoms with Crippen LogP contribution in [0.1, 0.15) is 42.1 Å². The van der Waals surface area contributed by atoms with Gasteiger partial charge in [-0.25, -0.2) is 4.39 Å². The number of nitrogens with one attached hydrogen (secondary N) is 1. The van der Waals surface area contributed by atoms with E-state index in [1.165, 1.54) is 21.5 Å². The minimum atomic E-state index is -4.57. The Morgan fingerprint density at radius 3 is 2.66 bits per heavy atom. The number of nitrogens with zero attached hydrogens (tertiary/aromatic N) is 4. The van der Waals surface area contributed by atoms with Crippen LogP contribution >= 0.6 is 27.5 Å². The first kappa shape index (κ1) is 22.8. The van der Waals surface area contributed by atoms with Gasteiger partial charge in [-0.15, -0.1) is 0 Å². The predicted octanol–water partition coefficient (Wildman–Crippen LogP) is 5.61. The van der Waals surface area contributed by atoms with Crippen molar-refractivity contribution in [3.8, 4) is 0 Å². The van der Waals surface area contributed by atoms with Crippen LogP contribution in [0.25, 0.3) is 0 Å². The van der Waals surface area contributed by atoms with Gasteiger partial charge in [0.2, 0.25) is 5.91 Å². The van der Waals surface area contributed by atoms with Crippen molar-refractivity contribution in [1.82, 2.24) is 19.6 Å². The van der Waals surface area contributed by atoms with Crippen LogP contribution in [0, 0.1) is 5.82 Å². The lowest BCUT2D eigenvalue weighted by Crippen LogP contribution is -2.17. The zero-order chi connectivity index (χ0) is 23.0. The molecule has 1 amide bonds. The fourth-order valence-electron chi connectivity index (χ4n) is 3.31. The standard InChI is InChI=1S/C20H17BrClF4N5O/c21-17-18(11-1-2-11)31(29-19(17)20(24,25)26)8-6-16(32)27-15-5-7-30(28-15)10-12-3-4-13(23)9-14(12)22/h3-5,7,9,11H,1-2,6,8,10H2,(H,27,28,32). The number of benzene rings is 1. The van der Waals surface area contributed by atoms with Gasteiger partial charge in [0.15, 0.2) is 11.5 Å². The molecule has 4 rings (SSSR count). The van der Waals surface area contributed by atoms with Gasteiger partial charge in [-0.3, -0.25) is 14.2 Å². The molecule has 3 aromatic rings. The van der Waals surface area contributed by atoms with E-state index in [0.29, 0.717) is 11.3 Å². The van der Waals surface area contributed by atoms with Gasteiger partial charge >= 0.3 is 6.18 Å². The van der Waals surface area contributed by atoms with Crippen LogP contribution in [0.3, 0.4) is 0 Å². The Kier molecular flexibility index (Phi) is 6.30. The van der Waals surface area contributed by atoms with Gasteiger partial charge in [0.05, 0.1) is 23.3 Å². The second kappa shape index (κ2) is 8.86. The van der Waals surface area contributed by atoms with Gasteiger partial charge in [-0.05, 0) is 46.5 Å². The number of rotatable bonds is 7. The lowest BCUT2D eigenvalue weighted by molar-refractivity contribution is -0.142. The Labute approximate surface area is 193 Å². The van der Waals surface area contributed by atoms with E-state index < -0.39 is 23.6 Å². The van der Waals surface area contributed by atoms with Crippen LogP contribution in [0.15, 0.2) is 34.9 Å². The molecule has 12 heteroatoms. The summed E-state index contributed by atoms with van der Waals surface area (Å²) in [5, 5.41) is 10.8. The second-order valence-corrected chi connectivity index (χ2v) is 8.68. The molecular weight excluding hydrogens is 518 g/mol. The number of alkyl halides is 3. The van der Waals surface area contributed by atoms with E-state index in [4.69, 9.17) is 11.6 Å². The molecule has 2 heterocycles. The highest BCUT2D eigenvalue weighted by Gasteiger charge is 2.41. The van der Waals surface area contributed by atoms with E-state index in [9.17, 15) is 22.4 Å². The lowest BCUT2D eigenvalue weighted by Gasteiger charge is -2.07. The van der Waals surface area contributed by atoms with Gasteiger partial charge in [0.1, 0.15) is 5.82 Å². The normalized spacial score (nSPS) is 14.1. The average Bonchev–Trinajstić information content (AvgIpc) is 3.34. The van der Waals surface area contributed by atoms with Crippen molar-refractivity contribution in [2.24, 2.45) is 0 Å². The maximum atomic E-state index is 13.2. The topological polar surface area (TPSA) is 64.7 Å². The maximum absolute atomic E-state index is 13.2. The fourth-order valence-corrected chi connectivity index (χ4v) is 4.36. The number of carbonyl (C=O) groups excluding carboxylic acids is 1. The first-order valence-corrected chi connectivity index (χ1v) is 10.9. The zero-order valence-electron chi connectivity index (χ0n) is 16.5. The molecule has 0 aliphatic heterocycles. The molecule has 1 N–H and O–H groups in total. The minimum Gasteiger partial charge on any atom is -0.309 e. The van der Waals surface area contributed by atoms with E-state index in [0.717, 1.165) is 12.8 Å². The summed E-state index contributed by atoms with van der Waals surface area (Å²) in [6.07, 6.45) is -1.43. The van der Waals surface area contributed by atoms with Crippen LogP contribution in [0.5, 0.6) is 0 Å². The van der Waals surface area contributed by atoms with Gasteiger partial charge < -0.3 is 5.32 Å². The van der Waals surface area contributed by atoms with Crippen LogP contribution in [-0.2, 0) is 24.1 Å². The Hall–Kier alpha value is -2.40. The van der Waals surface area contributed by atoms with Crippen LogP contribution in [0.4, 0.5) is 23.4 Å². The van der Waals surface area contributed by atoms with Crippen molar-refractivity contribution in [3.63, 3.8) is 0 Å². The molecule has 2 aromatic heterocycles. The SMILES string of the molecule is O=C(CCn1nc(C(F)(F)F)c(Br)c1C1CC1)Nc1ccn(Cc2ccc(F)cc2Cl)n1. The van der Waals surface area contributed by atoms with Gasteiger partial charge in [-0.1, -0.05) is 17.7 Å². The molecule has 1 saturated carbocycles. The summed E-state index contributed by atoms with van der Waals surface area (Å²) in [5.74, 6) is -0.543. The summed E-state index contributed by atoms with van der Waals surface area (Å²) in [4.78, 5) is 12.3. The maximum Gasteiger partial charge on any atom is 0.436 e. The second-order valence-electron chi connectivity index (χ2n) is 7.48. The molecule has 0 atom stereocenters. The van der Waals surface area contributed by atoms with Crippen molar-refractivity contribution in [3.05, 3.63) is 62.7 Å². The third-order valence-corrected chi connectivity index (χ3v) is 6.10. The molecular formula is C20H17BrClF4N5O. The highest BCUT2D eigenvalue weighted by atomic mass is 79.9. The summed E-state index contributed by atoms with van der Waals surface area (Å²) in [6.45, 7) is 0.291. The molecule has 32 heavy (non-hydrogen) atoms. The number of amides is 1. The fraction of sp³-hybridized carbons (Fsp3) is 0.350. The molecule has 0 bridgehead atoms. The highest BCUT2D eigenvalue weighted by molar-refractivity contribution is 9.10. The Balaban J connectivity index is 1.38. The van der Waals surface area contributed by atoms with Crippen molar-refractivity contribution in [2.45, 2.75) is 44.4 Å². The van der Waals surface area contributed by atoms with Crippen molar-refractivity contribution in [1.29, 1.82) is 0 Å². The monoisotopic (exact) mass is 533 g/mol. The molecule has 0 radical (unpaired) electrons. The number of aryl methyl sites for hydroxylation is 1. The third kappa shape index (κ3) is 5.15. The Morgan fingerprint density at radius 1 is 1.25 bits per heavy atom. The van der Waals surface area contributed by atoms with Crippen LogP contribution in [-0.4, -0.2) is 25.5 Å². The molecule has 1 fully saturated rings. The van der Waals surface area contributed by atoms with Crippen LogP contribution < -0.4 is 5.32 Å². The van der Waals surface area contributed by atoms with Gasteiger partial charge in [0.25, 0.3) is 0 Å². The lowest BCUT2D eigenvalue weighted by atomic mass is 10.2. The number of hydrogen-bond acceptors (Lipinski definition) is 3. The summed E-state index contributed by atoms with van der Waals surface area (Å²) in [5.41, 5.74) is 0.162. The van der Waals surface area contributed by atoms with E-state index in [1.807, 2.05) is 0 Å². The number of carbonyl (C=O) groups is 1. The average molecular weight is 535 g/mol. The molecule has 6 nitrogen and oxygen atoms in total. The van der Waals surface area contributed by atoms with E-state index in [1.54, 1.807) is 18.3 Å². The molecule has 0 spiro atoms. The van der Waals surface area contributed by atoms with Crippen molar-refractivity contribution < 1.29 is 22.4 Å². The zero-order valence-corrected chi connectivity index (χ0v) is 18.8. The number of anilines is 1. The summed E-state index contributed by atoms with van der Waals surface area (Å²) < 4.78 is 55.5.